The second kappa shape index (κ2) is 9.82. The molecule has 0 saturated carbocycles. The number of benzene rings is 1. The summed E-state index contributed by atoms with van der Waals surface area (Å²) in [6.07, 6.45) is 2.78. The molecular formula is C21H29N5O2. The lowest BCUT2D eigenvalue weighted by molar-refractivity contribution is 0.322. The number of nitrogens with zero attached hydrogens (tertiary/aromatic N) is 3. The molecule has 2 aromatic rings. The number of rotatable bonds is 7. The number of guanidine groups is 1. The lowest BCUT2D eigenvalue weighted by atomic mass is 10.2. The first kappa shape index (κ1) is 19.8. The van der Waals surface area contributed by atoms with Gasteiger partial charge in [0, 0.05) is 44.5 Å². The molecule has 7 heteroatoms. The predicted molar refractivity (Wildman–Crippen MR) is 112 cm³/mol. The number of ether oxygens (including phenoxy) is 2. The van der Waals surface area contributed by atoms with Crippen molar-refractivity contribution in [2.75, 3.05) is 38.8 Å². The lowest BCUT2D eigenvalue weighted by Crippen LogP contribution is -2.44. The van der Waals surface area contributed by atoms with Crippen molar-refractivity contribution < 1.29 is 9.47 Å². The van der Waals surface area contributed by atoms with E-state index in [2.05, 4.69) is 31.6 Å². The minimum absolute atomic E-state index is 0.316. The second-order valence-electron chi connectivity index (χ2n) is 6.57. The standard InChI is InChI=1S/C21H29N5O2/c1-4-28-20-16(8-7-12-23-20)14-24-21(22-2)25-17-11-13-26(15-17)18-9-5-6-10-19(18)27-3/h5-10,12,17H,4,11,13-15H2,1-3H3,(H2,22,24,25). The molecule has 1 aromatic carbocycles. The SMILES string of the molecule is CCOc1ncccc1CNC(=NC)NC1CCN(c2ccccc2OC)C1. The molecule has 7 nitrogen and oxygen atoms in total. The maximum absolute atomic E-state index is 5.59. The van der Waals surface area contributed by atoms with Gasteiger partial charge in [0.1, 0.15) is 5.75 Å². The Balaban J connectivity index is 1.56. The van der Waals surface area contributed by atoms with Gasteiger partial charge in [0.25, 0.3) is 0 Å². The Morgan fingerprint density at radius 2 is 2.14 bits per heavy atom. The first-order valence-corrected chi connectivity index (χ1v) is 9.67. The number of pyridine rings is 1. The minimum Gasteiger partial charge on any atom is -0.495 e. The van der Waals surface area contributed by atoms with Gasteiger partial charge in [-0.3, -0.25) is 4.99 Å². The van der Waals surface area contributed by atoms with E-state index >= 15 is 0 Å². The zero-order valence-electron chi connectivity index (χ0n) is 16.8. The van der Waals surface area contributed by atoms with Crippen LogP contribution in [-0.4, -0.2) is 50.8 Å². The van der Waals surface area contributed by atoms with Crippen molar-refractivity contribution in [1.29, 1.82) is 0 Å². The average molecular weight is 383 g/mol. The highest BCUT2D eigenvalue weighted by Crippen LogP contribution is 2.30. The fraction of sp³-hybridized carbons (Fsp3) is 0.429. The molecular weight excluding hydrogens is 354 g/mol. The van der Waals surface area contributed by atoms with Crippen LogP contribution in [0.15, 0.2) is 47.6 Å². The molecule has 0 bridgehead atoms. The summed E-state index contributed by atoms with van der Waals surface area (Å²) in [5.41, 5.74) is 2.14. The highest BCUT2D eigenvalue weighted by Gasteiger charge is 2.25. The molecule has 2 N–H and O–H groups in total. The van der Waals surface area contributed by atoms with Crippen LogP contribution in [0, 0.1) is 0 Å². The van der Waals surface area contributed by atoms with Crippen LogP contribution in [-0.2, 0) is 6.54 Å². The molecule has 1 atom stereocenters. The number of hydrogen-bond acceptors (Lipinski definition) is 5. The van der Waals surface area contributed by atoms with Gasteiger partial charge in [-0.25, -0.2) is 4.98 Å². The predicted octanol–water partition coefficient (Wildman–Crippen LogP) is 2.43. The third-order valence-corrected chi connectivity index (χ3v) is 4.76. The monoisotopic (exact) mass is 383 g/mol. The van der Waals surface area contributed by atoms with Crippen molar-refractivity contribution in [3.05, 3.63) is 48.2 Å². The van der Waals surface area contributed by atoms with Crippen LogP contribution in [0.2, 0.25) is 0 Å². The first-order valence-electron chi connectivity index (χ1n) is 9.67. The quantitative estimate of drug-likeness (QED) is 0.565. The molecule has 1 unspecified atom stereocenters. The first-order chi connectivity index (χ1) is 13.7. The van der Waals surface area contributed by atoms with Gasteiger partial charge in [0.05, 0.1) is 19.4 Å². The highest BCUT2D eigenvalue weighted by molar-refractivity contribution is 5.80. The number of para-hydroxylation sites is 2. The van der Waals surface area contributed by atoms with Crippen LogP contribution in [0.3, 0.4) is 0 Å². The van der Waals surface area contributed by atoms with Crippen LogP contribution in [0.25, 0.3) is 0 Å². The second-order valence-corrected chi connectivity index (χ2v) is 6.57. The molecule has 0 radical (unpaired) electrons. The summed E-state index contributed by atoms with van der Waals surface area (Å²) in [5, 5.41) is 6.88. The minimum atomic E-state index is 0.316. The third kappa shape index (κ3) is 4.85. The molecule has 0 aliphatic carbocycles. The fourth-order valence-corrected chi connectivity index (χ4v) is 3.38. The molecule has 1 aliphatic rings. The van der Waals surface area contributed by atoms with Crippen molar-refractivity contribution >= 4 is 11.6 Å². The number of nitrogens with one attached hydrogen (secondary N) is 2. The lowest BCUT2D eigenvalue weighted by Gasteiger charge is -2.22. The third-order valence-electron chi connectivity index (χ3n) is 4.76. The van der Waals surface area contributed by atoms with Gasteiger partial charge in [-0.05, 0) is 31.5 Å². The number of aliphatic imine (C=N–C) groups is 1. The summed E-state index contributed by atoms with van der Waals surface area (Å²) in [7, 11) is 3.50. The molecule has 28 heavy (non-hydrogen) atoms. The van der Waals surface area contributed by atoms with Gasteiger partial charge in [-0.2, -0.15) is 0 Å². The Hall–Kier alpha value is -2.96. The maximum atomic E-state index is 5.59. The smallest absolute Gasteiger partial charge is 0.218 e. The summed E-state index contributed by atoms with van der Waals surface area (Å²) in [6.45, 7) is 5.04. The number of methoxy groups -OCH3 is 1. The zero-order chi connectivity index (χ0) is 19.8. The maximum Gasteiger partial charge on any atom is 0.218 e. The van der Waals surface area contributed by atoms with Gasteiger partial charge >= 0.3 is 0 Å². The van der Waals surface area contributed by atoms with E-state index in [0.717, 1.165) is 42.5 Å². The van der Waals surface area contributed by atoms with Gasteiger partial charge < -0.3 is 25.0 Å². The number of hydrogen-bond donors (Lipinski definition) is 2. The molecule has 1 aromatic heterocycles. The Morgan fingerprint density at radius 1 is 1.29 bits per heavy atom. The van der Waals surface area contributed by atoms with Crippen molar-refractivity contribution in [2.24, 2.45) is 4.99 Å². The van der Waals surface area contributed by atoms with Gasteiger partial charge in [-0.15, -0.1) is 0 Å². The van der Waals surface area contributed by atoms with Gasteiger partial charge in [0.2, 0.25) is 5.88 Å². The Labute approximate surface area is 166 Å². The molecule has 2 heterocycles. The van der Waals surface area contributed by atoms with E-state index in [0.29, 0.717) is 25.1 Å². The van der Waals surface area contributed by atoms with Crippen molar-refractivity contribution in [2.45, 2.75) is 25.9 Å². The van der Waals surface area contributed by atoms with Gasteiger partial charge in [0.15, 0.2) is 5.96 Å². The molecule has 0 spiro atoms. The Bertz CT molecular complexity index is 796. The summed E-state index contributed by atoms with van der Waals surface area (Å²) >= 11 is 0. The Morgan fingerprint density at radius 3 is 2.93 bits per heavy atom. The van der Waals surface area contributed by atoms with Crippen LogP contribution < -0.4 is 25.0 Å². The van der Waals surface area contributed by atoms with Crippen LogP contribution in [0.5, 0.6) is 11.6 Å². The van der Waals surface area contributed by atoms with E-state index in [1.54, 1.807) is 20.4 Å². The summed E-state index contributed by atoms with van der Waals surface area (Å²) in [5.74, 6) is 2.35. The van der Waals surface area contributed by atoms with Crippen LogP contribution in [0.4, 0.5) is 5.69 Å². The average Bonchev–Trinajstić information content (AvgIpc) is 3.20. The summed E-state index contributed by atoms with van der Waals surface area (Å²) in [4.78, 5) is 11.0. The Kier molecular flexibility index (Phi) is 6.94. The molecule has 150 valence electrons. The van der Waals surface area contributed by atoms with Crippen molar-refractivity contribution in [3.8, 4) is 11.6 Å². The summed E-state index contributed by atoms with van der Waals surface area (Å²) < 4.78 is 11.1. The van der Waals surface area contributed by atoms with Crippen LogP contribution >= 0.6 is 0 Å². The van der Waals surface area contributed by atoms with Crippen LogP contribution in [0.1, 0.15) is 18.9 Å². The largest absolute Gasteiger partial charge is 0.495 e. The van der Waals surface area contributed by atoms with E-state index in [-0.39, 0.29) is 0 Å². The molecule has 1 fully saturated rings. The molecule has 3 rings (SSSR count). The van der Waals surface area contributed by atoms with Crippen molar-refractivity contribution in [3.63, 3.8) is 0 Å². The van der Waals surface area contributed by atoms with E-state index in [1.165, 1.54) is 0 Å². The van der Waals surface area contributed by atoms with E-state index in [4.69, 9.17) is 9.47 Å². The highest BCUT2D eigenvalue weighted by atomic mass is 16.5. The van der Waals surface area contributed by atoms with Gasteiger partial charge in [-0.1, -0.05) is 18.2 Å². The number of aromatic nitrogens is 1. The molecule has 0 amide bonds. The summed E-state index contributed by atoms with van der Waals surface area (Å²) in [6, 6.07) is 12.4. The molecule has 1 saturated heterocycles. The molecule has 1 aliphatic heterocycles. The number of anilines is 1. The normalized spacial score (nSPS) is 16.8. The zero-order valence-corrected chi connectivity index (χ0v) is 16.8. The van der Waals surface area contributed by atoms with Crippen molar-refractivity contribution in [1.82, 2.24) is 15.6 Å². The van der Waals surface area contributed by atoms with E-state index < -0.39 is 0 Å². The van der Waals surface area contributed by atoms with E-state index in [9.17, 15) is 0 Å². The topological polar surface area (TPSA) is 71.0 Å². The fourth-order valence-electron chi connectivity index (χ4n) is 3.38. The van der Waals surface area contributed by atoms with E-state index in [1.807, 2.05) is 37.3 Å².